The molecule has 208 valence electrons. The van der Waals surface area contributed by atoms with Crippen LogP contribution in [0.1, 0.15) is 6.23 Å². The lowest BCUT2D eigenvalue weighted by Gasteiger charge is -2.24. The largest absolute Gasteiger partial charge is 0.482 e. The topological polar surface area (TPSA) is 153 Å². The number of benzene rings is 2. The van der Waals surface area contributed by atoms with Gasteiger partial charge in [-0.05, 0) is 24.3 Å². The second kappa shape index (κ2) is 12.4. The van der Waals surface area contributed by atoms with Gasteiger partial charge < -0.3 is 33.5 Å². The van der Waals surface area contributed by atoms with E-state index in [-0.39, 0.29) is 5.88 Å². The molecule has 2 aromatic carbocycles. The van der Waals surface area contributed by atoms with Crippen molar-refractivity contribution in [3.63, 3.8) is 0 Å². The number of esters is 2. The summed E-state index contributed by atoms with van der Waals surface area (Å²) in [6, 6.07) is 17.4. The van der Waals surface area contributed by atoms with Crippen molar-refractivity contribution in [1.82, 2.24) is 19.5 Å². The third-order valence-corrected chi connectivity index (χ3v) is 5.99. The molecule has 0 aliphatic carbocycles. The Bertz CT molecular complexity index is 1430. The van der Waals surface area contributed by atoms with Crippen molar-refractivity contribution in [2.24, 2.45) is 0 Å². The maximum atomic E-state index is 12.9. The van der Waals surface area contributed by atoms with Crippen LogP contribution in [-0.2, 0) is 23.8 Å². The number of aliphatic hydroxyl groups excluding tert-OH is 1. The van der Waals surface area contributed by atoms with E-state index in [0.29, 0.717) is 22.7 Å². The Morgan fingerprint density at radius 2 is 1.48 bits per heavy atom. The molecule has 0 saturated carbocycles. The second-order valence-corrected chi connectivity index (χ2v) is 8.57. The van der Waals surface area contributed by atoms with Crippen LogP contribution in [0.5, 0.6) is 17.4 Å². The molecule has 1 saturated heterocycles. The summed E-state index contributed by atoms with van der Waals surface area (Å²) >= 11 is 0. The van der Waals surface area contributed by atoms with Crippen molar-refractivity contribution in [2.75, 3.05) is 26.9 Å². The second-order valence-electron chi connectivity index (χ2n) is 8.57. The van der Waals surface area contributed by atoms with Crippen molar-refractivity contribution < 1.29 is 43.1 Å². The number of aliphatic hydroxyl groups is 1. The van der Waals surface area contributed by atoms with E-state index in [1.165, 1.54) is 24.3 Å². The highest BCUT2D eigenvalue weighted by Crippen LogP contribution is 2.36. The summed E-state index contributed by atoms with van der Waals surface area (Å²) in [6.45, 7) is -1.37. The molecular weight excluding hydrogens is 524 g/mol. The minimum absolute atomic E-state index is 0.228. The molecule has 4 aromatic rings. The smallest absolute Gasteiger partial charge is 0.344 e. The lowest BCUT2D eigenvalue weighted by Crippen LogP contribution is -2.42. The molecule has 0 bridgehead atoms. The number of imidazole rings is 1. The zero-order valence-electron chi connectivity index (χ0n) is 21.4. The summed E-state index contributed by atoms with van der Waals surface area (Å²) < 4.78 is 35.1. The van der Waals surface area contributed by atoms with Crippen LogP contribution in [-0.4, -0.2) is 81.8 Å². The number of para-hydroxylation sites is 2. The standard InChI is InChI=1S/C27H26N4O9/c1-35-26-22-25(28-15-29-26)31(16-30-22)27-24(40-21(34)14-37-18-10-6-3-7-11-18)23(19(12-32)38-27)39-20(33)13-36-17-8-4-2-5-9-17/h2-11,15-16,19,23-24,27,32H,12-14H2,1H3. The quantitative estimate of drug-likeness (QED) is 0.270. The van der Waals surface area contributed by atoms with Gasteiger partial charge in [0.25, 0.3) is 0 Å². The number of nitrogens with zero attached hydrogens (tertiary/aromatic N) is 4. The van der Waals surface area contributed by atoms with Gasteiger partial charge in [0.2, 0.25) is 5.88 Å². The number of aromatic nitrogens is 4. The minimum Gasteiger partial charge on any atom is -0.482 e. The predicted molar refractivity (Wildman–Crippen MR) is 137 cm³/mol. The number of carbonyl (C=O) groups excluding carboxylic acids is 2. The minimum atomic E-state index is -1.21. The number of hydrogen-bond donors (Lipinski definition) is 1. The first-order valence-electron chi connectivity index (χ1n) is 12.3. The predicted octanol–water partition coefficient (Wildman–Crippen LogP) is 1.71. The Morgan fingerprint density at radius 1 is 0.875 bits per heavy atom. The molecule has 0 radical (unpaired) electrons. The summed E-state index contributed by atoms with van der Waals surface area (Å²) in [5.41, 5.74) is 0.651. The van der Waals surface area contributed by atoms with E-state index in [0.717, 1.165) is 0 Å². The normalized spacial score (nSPS) is 20.1. The van der Waals surface area contributed by atoms with Gasteiger partial charge in [-0.25, -0.2) is 19.6 Å². The molecule has 3 heterocycles. The third-order valence-electron chi connectivity index (χ3n) is 5.99. The van der Waals surface area contributed by atoms with E-state index in [4.69, 9.17) is 28.4 Å². The van der Waals surface area contributed by atoms with E-state index in [1.54, 1.807) is 48.5 Å². The Hall–Kier alpha value is -4.75. The Kier molecular flexibility index (Phi) is 8.32. The van der Waals surface area contributed by atoms with Gasteiger partial charge in [0, 0.05) is 0 Å². The zero-order chi connectivity index (χ0) is 27.9. The van der Waals surface area contributed by atoms with E-state index in [9.17, 15) is 14.7 Å². The fourth-order valence-electron chi connectivity index (χ4n) is 4.20. The Labute approximate surface area is 228 Å². The van der Waals surface area contributed by atoms with Crippen LogP contribution >= 0.6 is 0 Å². The van der Waals surface area contributed by atoms with Crippen LogP contribution in [0, 0.1) is 0 Å². The molecule has 0 spiro atoms. The number of fused-ring (bicyclic) bond motifs is 1. The third kappa shape index (κ3) is 5.95. The molecule has 13 heteroatoms. The molecule has 40 heavy (non-hydrogen) atoms. The van der Waals surface area contributed by atoms with Gasteiger partial charge in [-0.1, -0.05) is 36.4 Å². The van der Waals surface area contributed by atoms with Crippen LogP contribution in [0.3, 0.4) is 0 Å². The number of methoxy groups -OCH3 is 1. The van der Waals surface area contributed by atoms with Crippen molar-refractivity contribution >= 4 is 23.1 Å². The summed E-state index contributed by atoms with van der Waals surface area (Å²) in [7, 11) is 1.44. The van der Waals surface area contributed by atoms with Gasteiger partial charge >= 0.3 is 11.9 Å². The molecule has 13 nitrogen and oxygen atoms in total. The van der Waals surface area contributed by atoms with Gasteiger partial charge in [0.1, 0.15) is 23.9 Å². The van der Waals surface area contributed by atoms with Gasteiger partial charge in [0.15, 0.2) is 42.8 Å². The molecule has 0 amide bonds. The van der Waals surface area contributed by atoms with Crippen LogP contribution in [0.4, 0.5) is 0 Å². The highest BCUT2D eigenvalue weighted by atomic mass is 16.7. The maximum Gasteiger partial charge on any atom is 0.344 e. The first-order valence-corrected chi connectivity index (χ1v) is 12.3. The number of hydrogen-bond acceptors (Lipinski definition) is 12. The SMILES string of the molecule is COc1ncnc2c1ncn2C1OC(CO)C(OC(=O)COc2ccccc2)C1OC(=O)COc1ccccc1. The first-order chi connectivity index (χ1) is 19.6. The number of rotatable bonds is 11. The average Bonchev–Trinajstić information content (AvgIpc) is 3.57. The molecule has 4 unspecified atom stereocenters. The van der Waals surface area contributed by atoms with Crippen molar-refractivity contribution in [3.05, 3.63) is 73.3 Å². The van der Waals surface area contributed by atoms with Crippen LogP contribution in [0.15, 0.2) is 73.3 Å². The Morgan fingerprint density at radius 3 is 2.05 bits per heavy atom. The summed E-state index contributed by atoms with van der Waals surface area (Å²) in [5, 5.41) is 10.1. The van der Waals surface area contributed by atoms with Crippen LogP contribution in [0.25, 0.3) is 11.2 Å². The average molecular weight is 551 g/mol. The highest BCUT2D eigenvalue weighted by Gasteiger charge is 2.51. The molecule has 5 rings (SSSR count). The fourth-order valence-corrected chi connectivity index (χ4v) is 4.20. The van der Waals surface area contributed by atoms with E-state index in [1.807, 2.05) is 12.1 Å². The molecule has 4 atom stereocenters. The number of carbonyl (C=O) groups is 2. The summed E-state index contributed by atoms with van der Waals surface area (Å²) in [6.07, 6.45) is -1.82. The van der Waals surface area contributed by atoms with E-state index < -0.39 is 56.3 Å². The first kappa shape index (κ1) is 26.8. The van der Waals surface area contributed by atoms with Crippen molar-refractivity contribution in [1.29, 1.82) is 0 Å². The van der Waals surface area contributed by atoms with Gasteiger partial charge in [-0.15, -0.1) is 0 Å². The lowest BCUT2D eigenvalue weighted by molar-refractivity contribution is -0.171. The lowest BCUT2D eigenvalue weighted by atomic mass is 10.1. The summed E-state index contributed by atoms with van der Waals surface area (Å²) in [5.74, 6) is -0.334. The highest BCUT2D eigenvalue weighted by molar-refractivity contribution is 5.76. The maximum absolute atomic E-state index is 12.9. The van der Waals surface area contributed by atoms with Crippen LogP contribution < -0.4 is 14.2 Å². The molecule has 1 aliphatic rings. The van der Waals surface area contributed by atoms with Crippen molar-refractivity contribution in [3.8, 4) is 17.4 Å². The number of ether oxygens (including phenoxy) is 6. The summed E-state index contributed by atoms with van der Waals surface area (Å²) in [4.78, 5) is 38.2. The fraction of sp³-hybridized carbons (Fsp3) is 0.296. The van der Waals surface area contributed by atoms with Gasteiger partial charge in [-0.3, -0.25) is 4.57 Å². The van der Waals surface area contributed by atoms with Gasteiger partial charge in [0.05, 0.1) is 20.0 Å². The zero-order valence-corrected chi connectivity index (χ0v) is 21.4. The van der Waals surface area contributed by atoms with Crippen LogP contribution in [0.2, 0.25) is 0 Å². The molecular formula is C27H26N4O9. The van der Waals surface area contributed by atoms with Gasteiger partial charge in [-0.2, -0.15) is 4.98 Å². The molecule has 1 N–H and O–H groups in total. The monoisotopic (exact) mass is 550 g/mol. The molecule has 1 aliphatic heterocycles. The Balaban J connectivity index is 1.38. The van der Waals surface area contributed by atoms with Crippen molar-refractivity contribution in [2.45, 2.75) is 24.5 Å². The molecule has 2 aromatic heterocycles. The van der Waals surface area contributed by atoms with E-state index >= 15 is 0 Å². The molecule has 1 fully saturated rings. The van der Waals surface area contributed by atoms with E-state index in [2.05, 4.69) is 15.0 Å².